The van der Waals surface area contributed by atoms with Crippen molar-refractivity contribution in [2.75, 3.05) is 0 Å². The molecule has 4 nitrogen and oxygen atoms in total. The van der Waals surface area contributed by atoms with Crippen LogP contribution in [0, 0.1) is 0 Å². The Hall–Kier alpha value is -6.00. The molecule has 7 aromatic carbocycles. The van der Waals surface area contributed by atoms with Crippen molar-refractivity contribution in [3.63, 3.8) is 0 Å². The summed E-state index contributed by atoms with van der Waals surface area (Å²) in [7, 11) is 0. The largest absolute Gasteiger partial charge is 0.456 e. The molecule has 51 heavy (non-hydrogen) atoms. The fraction of sp³-hybridized carbons (Fsp3) is 0.149. The van der Waals surface area contributed by atoms with Crippen LogP contribution < -0.4 is 5.73 Å². The molecule has 1 aliphatic rings. The lowest BCUT2D eigenvalue weighted by Crippen LogP contribution is -2.43. The number of hydrogen-bond acceptors (Lipinski definition) is 2. The highest BCUT2D eigenvalue weighted by Crippen LogP contribution is 2.56. The van der Waals surface area contributed by atoms with Crippen molar-refractivity contribution < 1.29 is 4.42 Å². The lowest BCUT2D eigenvalue weighted by molar-refractivity contribution is 0.299. The van der Waals surface area contributed by atoms with Crippen molar-refractivity contribution in [2.24, 2.45) is 15.7 Å². The number of nitrogens with zero attached hydrogens (tertiary/aromatic N) is 2. The summed E-state index contributed by atoms with van der Waals surface area (Å²) in [5.74, 6) is 0.983. The van der Waals surface area contributed by atoms with Crippen molar-refractivity contribution in [1.82, 2.24) is 0 Å². The van der Waals surface area contributed by atoms with Gasteiger partial charge in [0.2, 0.25) is 0 Å². The fourth-order valence-electron chi connectivity index (χ4n) is 8.02. The molecule has 0 amide bonds. The number of furan rings is 1. The molecule has 0 bridgehead atoms. The van der Waals surface area contributed by atoms with Crippen LogP contribution in [-0.4, -0.2) is 11.7 Å². The average molecular weight is 662 g/mol. The Morgan fingerprint density at radius 2 is 1.24 bits per heavy atom. The van der Waals surface area contributed by atoms with E-state index in [2.05, 4.69) is 107 Å². The maximum absolute atomic E-state index is 6.71. The zero-order valence-electron chi connectivity index (χ0n) is 29.4. The van der Waals surface area contributed by atoms with Gasteiger partial charge in [-0.1, -0.05) is 143 Å². The molecule has 0 spiro atoms. The van der Waals surface area contributed by atoms with Gasteiger partial charge in [-0.05, 0) is 84.5 Å². The third-order valence-corrected chi connectivity index (χ3v) is 11.5. The normalized spacial score (nSPS) is 15.4. The van der Waals surface area contributed by atoms with Gasteiger partial charge in [0.25, 0.3) is 0 Å². The fourth-order valence-corrected chi connectivity index (χ4v) is 8.02. The molecule has 9 rings (SSSR count). The third kappa shape index (κ3) is 4.89. The minimum atomic E-state index is -0.0868. The monoisotopic (exact) mass is 661 g/mol. The van der Waals surface area contributed by atoms with E-state index in [0.717, 1.165) is 38.6 Å². The average Bonchev–Trinajstić information content (AvgIpc) is 3.53. The Morgan fingerprint density at radius 1 is 0.569 bits per heavy atom. The van der Waals surface area contributed by atoms with E-state index in [1.165, 1.54) is 43.8 Å². The first kappa shape index (κ1) is 31.0. The summed E-state index contributed by atoms with van der Waals surface area (Å²) in [6, 6.07) is 49.0. The second kappa shape index (κ2) is 11.5. The Morgan fingerprint density at radius 3 is 2.08 bits per heavy atom. The number of aliphatic imine (C=N–C) groups is 2. The van der Waals surface area contributed by atoms with Crippen molar-refractivity contribution >= 4 is 55.2 Å². The van der Waals surface area contributed by atoms with Crippen LogP contribution >= 0.6 is 0 Å². The van der Waals surface area contributed by atoms with E-state index < -0.39 is 0 Å². The first-order valence-corrected chi connectivity index (χ1v) is 17.7. The van der Waals surface area contributed by atoms with Gasteiger partial charge in [0.1, 0.15) is 17.0 Å². The number of nitrogens with two attached hydrogens (primary N) is 1. The van der Waals surface area contributed by atoms with Crippen molar-refractivity contribution in [3.8, 4) is 11.1 Å². The Labute approximate surface area is 298 Å². The Kier molecular flexibility index (Phi) is 7.01. The topological polar surface area (TPSA) is 63.9 Å². The number of para-hydroxylation sites is 1. The molecule has 0 saturated carbocycles. The predicted molar refractivity (Wildman–Crippen MR) is 214 cm³/mol. The number of rotatable bonds is 4. The molecule has 1 aliphatic carbocycles. The summed E-state index contributed by atoms with van der Waals surface area (Å²) in [6.07, 6.45) is 0. The van der Waals surface area contributed by atoms with Gasteiger partial charge in [0.05, 0.1) is 6.54 Å². The maximum Gasteiger partial charge on any atom is 0.157 e. The van der Waals surface area contributed by atoms with Crippen LogP contribution in [0.25, 0.3) is 54.6 Å². The van der Waals surface area contributed by atoms with Crippen LogP contribution in [0.2, 0.25) is 0 Å². The van der Waals surface area contributed by atoms with Gasteiger partial charge in [0, 0.05) is 21.9 Å². The summed E-state index contributed by atoms with van der Waals surface area (Å²) >= 11 is 0. The minimum absolute atomic E-state index is 0.0764. The SMILES string of the molecule is CC1(C)c2ccc(CN=C(N=C(N)c3ccc4c(c3)oc3ccccc34)c3ccccc3)cc2-c2c(ccc3c2ccc2ccccc23)C1(C)C. The van der Waals surface area contributed by atoms with E-state index in [9.17, 15) is 0 Å². The highest BCUT2D eigenvalue weighted by atomic mass is 16.3. The Balaban J connectivity index is 1.15. The number of hydrogen-bond donors (Lipinski definition) is 1. The van der Waals surface area contributed by atoms with Crippen LogP contribution in [0.5, 0.6) is 0 Å². The lowest BCUT2D eigenvalue weighted by Gasteiger charge is -2.48. The van der Waals surface area contributed by atoms with Gasteiger partial charge in [-0.2, -0.15) is 0 Å². The minimum Gasteiger partial charge on any atom is -0.456 e. The molecular weight excluding hydrogens is 623 g/mol. The molecule has 0 saturated heterocycles. The van der Waals surface area contributed by atoms with Crippen molar-refractivity contribution in [3.05, 3.63) is 167 Å². The molecule has 0 radical (unpaired) electrons. The van der Waals surface area contributed by atoms with Crippen molar-refractivity contribution in [1.29, 1.82) is 0 Å². The first-order valence-electron chi connectivity index (χ1n) is 17.7. The van der Waals surface area contributed by atoms with Gasteiger partial charge in [-0.15, -0.1) is 0 Å². The molecule has 2 N–H and O–H groups in total. The van der Waals surface area contributed by atoms with E-state index >= 15 is 0 Å². The molecule has 8 aromatic rings. The van der Waals surface area contributed by atoms with Crippen LogP contribution in [0.1, 0.15) is 55.5 Å². The zero-order chi connectivity index (χ0) is 34.9. The highest BCUT2D eigenvalue weighted by Gasteiger charge is 2.46. The zero-order valence-corrected chi connectivity index (χ0v) is 29.4. The van der Waals surface area contributed by atoms with E-state index in [1.54, 1.807) is 0 Å². The van der Waals surface area contributed by atoms with Gasteiger partial charge in [-0.25, -0.2) is 4.99 Å². The molecule has 248 valence electrons. The highest BCUT2D eigenvalue weighted by molar-refractivity contribution is 6.14. The van der Waals surface area contributed by atoms with Gasteiger partial charge in [0.15, 0.2) is 5.84 Å². The lowest BCUT2D eigenvalue weighted by atomic mass is 9.55. The first-order chi connectivity index (χ1) is 24.7. The number of benzene rings is 7. The van der Waals surface area contributed by atoms with E-state index in [1.807, 2.05) is 60.7 Å². The molecule has 4 heteroatoms. The van der Waals surface area contributed by atoms with Gasteiger partial charge < -0.3 is 10.2 Å². The van der Waals surface area contributed by atoms with E-state index in [0.29, 0.717) is 18.2 Å². The molecule has 0 aliphatic heterocycles. The van der Waals surface area contributed by atoms with Crippen molar-refractivity contribution in [2.45, 2.75) is 45.1 Å². The summed E-state index contributed by atoms with van der Waals surface area (Å²) in [6.45, 7) is 10.0. The summed E-state index contributed by atoms with van der Waals surface area (Å²) < 4.78 is 6.14. The maximum atomic E-state index is 6.71. The van der Waals surface area contributed by atoms with E-state index in [-0.39, 0.29) is 10.8 Å². The van der Waals surface area contributed by atoms with Crippen LogP contribution in [0.3, 0.4) is 0 Å². The summed E-state index contributed by atoms with van der Waals surface area (Å²) in [5.41, 5.74) is 16.4. The molecule has 1 heterocycles. The third-order valence-electron chi connectivity index (χ3n) is 11.5. The molecule has 0 atom stereocenters. The molecule has 1 aromatic heterocycles. The van der Waals surface area contributed by atoms with Gasteiger partial charge >= 0.3 is 0 Å². The second-order valence-electron chi connectivity index (χ2n) is 14.8. The summed E-state index contributed by atoms with van der Waals surface area (Å²) in [4.78, 5) is 10.1. The Bertz CT molecular complexity index is 2730. The molecule has 0 unspecified atom stereocenters. The quantitative estimate of drug-likeness (QED) is 0.116. The van der Waals surface area contributed by atoms with Crippen LogP contribution in [-0.2, 0) is 17.4 Å². The standard InChI is InChI=1S/C47H39N3O/c1-46(2)39-24-18-29(26-38(39)43-37-22-19-30-12-8-9-15-33(30)34(37)23-25-40(43)47(46,3)4)28-49-45(31-13-6-5-7-14-31)50-44(48)32-20-21-36-35-16-10-11-17-41(35)51-42(36)27-32/h5-27H,28H2,1-4H3,(H2,48,49,50). The summed E-state index contributed by atoms with van der Waals surface area (Å²) in [5, 5.41) is 7.26. The van der Waals surface area contributed by atoms with E-state index in [4.69, 9.17) is 20.1 Å². The van der Waals surface area contributed by atoms with Gasteiger partial charge in [-0.3, -0.25) is 4.99 Å². The second-order valence-corrected chi connectivity index (χ2v) is 14.8. The number of fused-ring (bicyclic) bond motifs is 10. The predicted octanol–water partition coefficient (Wildman–Crippen LogP) is 11.5. The van der Waals surface area contributed by atoms with Crippen LogP contribution in [0.4, 0.5) is 0 Å². The molecular formula is C47H39N3O. The molecule has 0 fully saturated rings. The number of amidine groups is 2. The van der Waals surface area contributed by atoms with Crippen LogP contribution in [0.15, 0.2) is 154 Å². The smallest absolute Gasteiger partial charge is 0.157 e.